The van der Waals surface area contributed by atoms with Gasteiger partial charge in [-0.15, -0.1) is 11.3 Å². The summed E-state index contributed by atoms with van der Waals surface area (Å²) in [6, 6.07) is 17.7. The van der Waals surface area contributed by atoms with Crippen LogP contribution in [0.4, 0.5) is 5.69 Å². The number of amides is 1. The van der Waals surface area contributed by atoms with Gasteiger partial charge in [-0.05, 0) is 73.3 Å². The van der Waals surface area contributed by atoms with Crippen LogP contribution < -0.4 is 20.1 Å². The fraction of sp³-hybridized carbons (Fsp3) is 0.296. The third kappa shape index (κ3) is 4.95. The Morgan fingerprint density at radius 3 is 2.65 bits per heavy atom. The van der Waals surface area contributed by atoms with E-state index in [-0.39, 0.29) is 5.91 Å². The summed E-state index contributed by atoms with van der Waals surface area (Å²) in [6.45, 7) is 5.20. The maximum absolute atomic E-state index is 13.0. The monoisotopic (exact) mass is 475 g/mol. The first-order valence-electron chi connectivity index (χ1n) is 11.6. The predicted molar refractivity (Wildman–Crippen MR) is 137 cm³/mol. The van der Waals surface area contributed by atoms with Gasteiger partial charge in [0.25, 0.3) is 5.91 Å². The van der Waals surface area contributed by atoms with E-state index in [1.807, 2.05) is 78.5 Å². The Balaban J connectivity index is 1.23. The van der Waals surface area contributed by atoms with Crippen molar-refractivity contribution in [2.45, 2.75) is 20.0 Å². The van der Waals surface area contributed by atoms with E-state index < -0.39 is 0 Å². The first-order valence-corrected chi connectivity index (χ1v) is 12.4. The summed E-state index contributed by atoms with van der Waals surface area (Å²) in [6.07, 6.45) is 1.17. The molecule has 0 aliphatic carbocycles. The van der Waals surface area contributed by atoms with Gasteiger partial charge in [-0.2, -0.15) is 0 Å². The summed E-state index contributed by atoms with van der Waals surface area (Å²) < 4.78 is 15.0. The summed E-state index contributed by atoms with van der Waals surface area (Å²) in [5.74, 6) is 2.06. The average Bonchev–Trinajstić information content (AvgIpc) is 3.58. The number of nitrogens with one attached hydrogen (secondary N) is 2. The highest BCUT2D eigenvalue weighted by atomic mass is 32.1. The molecular formula is C27H29N3O3S. The highest BCUT2D eigenvalue weighted by Crippen LogP contribution is 2.26. The van der Waals surface area contributed by atoms with Crippen LogP contribution in [0.15, 0.2) is 60.0 Å². The average molecular weight is 476 g/mol. The molecule has 176 valence electrons. The fourth-order valence-electron chi connectivity index (χ4n) is 4.25. The first-order chi connectivity index (χ1) is 16.6. The van der Waals surface area contributed by atoms with E-state index in [2.05, 4.69) is 10.6 Å². The lowest BCUT2D eigenvalue weighted by molar-refractivity contribution is 0.101. The number of ether oxygens (including phenoxy) is 2. The SMILES string of the molecule is Cc1ccc(COc2ccc(OCC3CCNC3)cc2)c(NC(=O)c2cc3sccc3n2C)c1. The number of benzene rings is 2. The van der Waals surface area contributed by atoms with Gasteiger partial charge in [-0.1, -0.05) is 12.1 Å². The molecule has 2 aromatic carbocycles. The molecule has 34 heavy (non-hydrogen) atoms. The van der Waals surface area contributed by atoms with Crippen molar-refractivity contribution < 1.29 is 14.3 Å². The van der Waals surface area contributed by atoms with Gasteiger partial charge in [0.05, 0.1) is 16.8 Å². The van der Waals surface area contributed by atoms with Crippen LogP contribution in [0.2, 0.25) is 0 Å². The molecule has 0 bridgehead atoms. The molecule has 1 atom stereocenters. The Bertz CT molecular complexity index is 1290. The number of carbonyl (C=O) groups excluding carboxylic acids is 1. The number of aryl methyl sites for hydroxylation is 2. The Morgan fingerprint density at radius 2 is 1.91 bits per heavy atom. The summed E-state index contributed by atoms with van der Waals surface area (Å²) in [7, 11) is 1.92. The topological polar surface area (TPSA) is 64.5 Å². The van der Waals surface area contributed by atoms with Crippen molar-refractivity contribution in [1.82, 2.24) is 9.88 Å². The van der Waals surface area contributed by atoms with Crippen molar-refractivity contribution in [2.75, 3.05) is 25.0 Å². The van der Waals surface area contributed by atoms with Crippen molar-refractivity contribution in [3.63, 3.8) is 0 Å². The fourth-order valence-corrected chi connectivity index (χ4v) is 5.10. The molecule has 1 saturated heterocycles. The third-order valence-corrected chi connectivity index (χ3v) is 7.13. The molecule has 5 rings (SSSR count). The number of fused-ring (bicyclic) bond motifs is 1. The highest BCUT2D eigenvalue weighted by molar-refractivity contribution is 7.17. The molecule has 1 aliphatic heterocycles. The molecule has 2 N–H and O–H groups in total. The van der Waals surface area contributed by atoms with Crippen LogP contribution in [-0.2, 0) is 13.7 Å². The standard InChI is InChI=1S/C27H29N3O3S/c1-18-3-4-20(17-33-22-7-5-21(6-8-22)32-16-19-9-11-28-15-19)23(13-18)29-27(31)25-14-26-24(30(25)2)10-12-34-26/h3-8,10,12-14,19,28H,9,11,15-17H2,1-2H3,(H,29,31). The summed E-state index contributed by atoms with van der Waals surface area (Å²) >= 11 is 1.63. The van der Waals surface area contributed by atoms with Crippen LogP contribution in [0, 0.1) is 12.8 Å². The summed E-state index contributed by atoms with van der Waals surface area (Å²) in [5.41, 5.74) is 4.46. The smallest absolute Gasteiger partial charge is 0.272 e. The maximum atomic E-state index is 13.0. The minimum atomic E-state index is -0.128. The molecule has 1 aliphatic rings. The molecule has 4 aromatic rings. The molecular weight excluding hydrogens is 446 g/mol. The molecule has 0 spiro atoms. The second-order valence-corrected chi connectivity index (χ2v) is 9.75. The van der Waals surface area contributed by atoms with E-state index >= 15 is 0 Å². The maximum Gasteiger partial charge on any atom is 0.272 e. The lowest BCUT2D eigenvalue weighted by atomic mass is 10.1. The molecule has 6 nitrogen and oxygen atoms in total. The summed E-state index contributed by atoms with van der Waals surface area (Å²) in [4.78, 5) is 13.0. The van der Waals surface area contributed by atoms with Crippen molar-refractivity contribution in [3.8, 4) is 11.5 Å². The lowest BCUT2D eigenvalue weighted by Gasteiger charge is -2.14. The Hall–Kier alpha value is -3.29. The molecule has 1 unspecified atom stereocenters. The van der Waals surface area contributed by atoms with Crippen molar-refractivity contribution >= 4 is 33.1 Å². The second kappa shape index (κ2) is 9.91. The number of aromatic nitrogens is 1. The third-order valence-electron chi connectivity index (χ3n) is 6.28. The quantitative estimate of drug-likeness (QED) is 0.360. The zero-order valence-corrected chi connectivity index (χ0v) is 20.3. The number of anilines is 1. The van der Waals surface area contributed by atoms with Gasteiger partial charge in [0.2, 0.25) is 0 Å². The Labute approximate surface area is 203 Å². The van der Waals surface area contributed by atoms with Crippen LogP contribution >= 0.6 is 11.3 Å². The van der Waals surface area contributed by atoms with Crippen LogP contribution in [0.1, 0.15) is 28.0 Å². The molecule has 2 aromatic heterocycles. The van der Waals surface area contributed by atoms with Gasteiger partial charge in [0.15, 0.2) is 0 Å². The molecule has 0 radical (unpaired) electrons. The van der Waals surface area contributed by atoms with Gasteiger partial charge in [0, 0.05) is 30.8 Å². The van der Waals surface area contributed by atoms with Crippen molar-refractivity contribution in [3.05, 3.63) is 76.8 Å². The van der Waals surface area contributed by atoms with Gasteiger partial charge >= 0.3 is 0 Å². The Morgan fingerprint density at radius 1 is 1.12 bits per heavy atom. The van der Waals surface area contributed by atoms with E-state index in [9.17, 15) is 4.79 Å². The van der Waals surface area contributed by atoms with Crippen LogP contribution in [-0.4, -0.2) is 30.2 Å². The molecule has 0 saturated carbocycles. The minimum Gasteiger partial charge on any atom is -0.493 e. The van der Waals surface area contributed by atoms with E-state index in [1.54, 1.807) is 11.3 Å². The molecule has 1 fully saturated rings. The largest absolute Gasteiger partial charge is 0.493 e. The predicted octanol–water partition coefficient (Wildman–Crippen LogP) is 5.37. The van der Waals surface area contributed by atoms with E-state index in [0.29, 0.717) is 18.2 Å². The van der Waals surface area contributed by atoms with Gasteiger partial charge in [0.1, 0.15) is 23.8 Å². The highest BCUT2D eigenvalue weighted by Gasteiger charge is 2.17. The zero-order valence-electron chi connectivity index (χ0n) is 19.5. The van der Waals surface area contributed by atoms with E-state index in [4.69, 9.17) is 9.47 Å². The van der Waals surface area contributed by atoms with Crippen LogP contribution in [0.5, 0.6) is 11.5 Å². The molecule has 1 amide bonds. The first kappa shape index (κ1) is 22.5. The number of hydrogen-bond donors (Lipinski definition) is 2. The normalized spacial score (nSPS) is 15.5. The molecule has 7 heteroatoms. The Kier molecular flexibility index (Phi) is 6.56. The number of nitrogens with zero attached hydrogens (tertiary/aromatic N) is 1. The summed E-state index contributed by atoms with van der Waals surface area (Å²) in [5, 5.41) is 8.48. The van der Waals surface area contributed by atoms with Gasteiger partial charge in [-0.25, -0.2) is 0 Å². The van der Waals surface area contributed by atoms with Crippen LogP contribution in [0.3, 0.4) is 0 Å². The van der Waals surface area contributed by atoms with E-state index in [0.717, 1.165) is 58.2 Å². The van der Waals surface area contributed by atoms with Crippen molar-refractivity contribution in [1.29, 1.82) is 0 Å². The van der Waals surface area contributed by atoms with Gasteiger partial charge < -0.3 is 24.7 Å². The van der Waals surface area contributed by atoms with Crippen molar-refractivity contribution in [2.24, 2.45) is 13.0 Å². The minimum absolute atomic E-state index is 0.128. The second-order valence-electron chi connectivity index (χ2n) is 8.80. The number of carbonyl (C=O) groups is 1. The van der Waals surface area contributed by atoms with E-state index in [1.165, 1.54) is 6.42 Å². The number of hydrogen-bond acceptors (Lipinski definition) is 5. The van der Waals surface area contributed by atoms with Gasteiger partial charge in [-0.3, -0.25) is 4.79 Å². The lowest BCUT2D eigenvalue weighted by Crippen LogP contribution is -2.17. The van der Waals surface area contributed by atoms with Crippen LogP contribution in [0.25, 0.3) is 10.2 Å². The molecule has 3 heterocycles. The number of thiophene rings is 1. The zero-order chi connectivity index (χ0) is 23.5. The number of rotatable bonds is 8.